The van der Waals surface area contributed by atoms with Crippen LogP contribution in [0.25, 0.3) is 0 Å². The van der Waals surface area contributed by atoms with Crippen LogP contribution >= 0.6 is 0 Å². The second-order valence-electron chi connectivity index (χ2n) is 5.04. The molecular formula is C14H20N2O3. The van der Waals surface area contributed by atoms with Gasteiger partial charge in [-0.05, 0) is 19.4 Å². The zero-order valence-electron chi connectivity index (χ0n) is 11.5. The molecule has 0 aliphatic heterocycles. The molecule has 1 rings (SSSR count). The van der Waals surface area contributed by atoms with Gasteiger partial charge in [0.1, 0.15) is 0 Å². The standard InChI is InChI=1S/C14H20N2O3/c1-14(2,9-11(15)17)16-13(18)12(19-3)10-7-5-4-6-8-10/h4-8,12H,9H2,1-3H3,(H2,15,17)(H,16,18)/t12-/m1/s1. The van der Waals surface area contributed by atoms with Crippen molar-refractivity contribution in [1.29, 1.82) is 0 Å². The molecule has 104 valence electrons. The van der Waals surface area contributed by atoms with E-state index in [9.17, 15) is 9.59 Å². The van der Waals surface area contributed by atoms with Crippen molar-refractivity contribution in [2.45, 2.75) is 31.9 Å². The van der Waals surface area contributed by atoms with Crippen molar-refractivity contribution in [3.8, 4) is 0 Å². The summed E-state index contributed by atoms with van der Waals surface area (Å²) in [5, 5.41) is 2.77. The maximum Gasteiger partial charge on any atom is 0.254 e. The number of benzene rings is 1. The first-order valence-electron chi connectivity index (χ1n) is 6.04. The van der Waals surface area contributed by atoms with E-state index in [1.807, 2.05) is 30.3 Å². The summed E-state index contributed by atoms with van der Waals surface area (Å²) in [4.78, 5) is 23.1. The topological polar surface area (TPSA) is 81.4 Å². The first-order chi connectivity index (χ1) is 8.85. The molecule has 0 bridgehead atoms. The van der Waals surface area contributed by atoms with Crippen LogP contribution in [0.5, 0.6) is 0 Å². The van der Waals surface area contributed by atoms with Crippen LogP contribution in [-0.4, -0.2) is 24.5 Å². The molecule has 3 N–H and O–H groups in total. The Morgan fingerprint density at radius 2 is 1.89 bits per heavy atom. The van der Waals surface area contributed by atoms with Gasteiger partial charge in [0.05, 0.1) is 0 Å². The van der Waals surface area contributed by atoms with E-state index in [1.165, 1.54) is 7.11 Å². The molecule has 0 unspecified atom stereocenters. The number of nitrogens with one attached hydrogen (secondary N) is 1. The van der Waals surface area contributed by atoms with Crippen LogP contribution in [-0.2, 0) is 14.3 Å². The number of ether oxygens (including phenoxy) is 1. The molecule has 0 aliphatic carbocycles. The Hall–Kier alpha value is -1.88. The zero-order valence-corrected chi connectivity index (χ0v) is 11.5. The second-order valence-corrected chi connectivity index (χ2v) is 5.04. The van der Waals surface area contributed by atoms with Crippen molar-refractivity contribution in [2.75, 3.05) is 7.11 Å². The molecule has 1 aromatic rings. The number of hydrogen-bond donors (Lipinski definition) is 2. The quantitative estimate of drug-likeness (QED) is 0.808. The number of nitrogens with two attached hydrogens (primary N) is 1. The fourth-order valence-corrected chi connectivity index (χ4v) is 1.90. The smallest absolute Gasteiger partial charge is 0.254 e. The average molecular weight is 264 g/mol. The Bertz CT molecular complexity index is 443. The van der Waals surface area contributed by atoms with Crippen molar-refractivity contribution < 1.29 is 14.3 Å². The van der Waals surface area contributed by atoms with Gasteiger partial charge in [-0.3, -0.25) is 9.59 Å². The Morgan fingerprint density at radius 1 is 1.32 bits per heavy atom. The van der Waals surface area contributed by atoms with Crippen LogP contribution in [0.1, 0.15) is 31.9 Å². The molecule has 0 radical (unpaired) electrons. The lowest BCUT2D eigenvalue weighted by Gasteiger charge is -2.27. The van der Waals surface area contributed by atoms with Crippen molar-refractivity contribution in [1.82, 2.24) is 5.32 Å². The maximum atomic E-state index is 12.2. The summed E-state index contributed by atoms with van der Waals surface area (Å²) >= 11 is 0. The van der Waals surface area contributed by atoms with E-state index in [1.54, 1.807) is 13.8 Å². The van der Waals surface area contributed by atoms with Crippen molar-refractivity contribution in [3.63, 3.8) is 0 Å². The van der Waals surface area contributed by atoms with E-state index < -0.39 is 17.6 Å². The maximum absolute atomic E-state index is 12.2. The normalized spacial score (nSPS) is 12.8. The number of carbonyl (C=O) groups excluding carboxylic acids is 2. The van der Waals surface area contributed by atoms with E-state index in [0.29, 0.717) is 0 Å². The summed E-state index contributed by atoms with van der Waals surface area (Å²) in [6.07, 6.45) is -0.627. The summed E-state index contributed by atoms with van der Waals surface area (Å²) in [5.74, 6) is -0.751. The lowest BCUT2D eigenvalue weighted by molar-refractivity contribution is -0.133. The predicted octanol–water partition coefficient (Wildman–Crippen LogP) is 1.14. The highest BCUT2D eigenvalue weighted by Crippen LogP contribution is 2.18. The highest BCUT2D eigenvalue weighted by atomic mass is 16.5. The molecule has 1 atom stereocenters. The highest BCUT2D eigenvalue weighted by molar-refractivity contribution is 5.84. The molecule has 0 spiro atoms. The van der Waals surface area contributed by atoms with Gasteiger partial charge in [0.25, 0.3) is 5.91 Å². The Kier molecular flexibility index (Phi) is 5.06. The summed E-state index contributed by atoms with van der Waals surface area (Å²) in [6, 6.07) is 9.17. The Balaban J connectivity index is 2.78. The molecule has 0 aromatic heterocycles. The van der Waals surface area contributed by atoms with E-state index in [0.717, 1.165) is 5.56 Å². The molecular weight excluding hydrogens is 244 g/mol. The Morgan fingerprint density at radius 3 is 2.37 bits per heavy atom. The van der Waals surface area contributed by atoms with Crippen LogP contribution in [0.15, 0.2) is 30.3 Å². The minimum atomic E-state index is -0.701. The van der Waals surface area contributed by atoms with Crippen molar-refractivity contribution in [2.24, 2.45) is 5.73 Å². The lowest BCUT2D eigenvalue weighted by atomic mass is 9.99. The molecule has 19 heavy (non-hydrogen) atoms. The van der Waals surface area contributed by atoms with Crippen LogP contribution < -0.4 is 11.1 Å². The van der Waals surface area contributed by atoms with Crippen LogP contribution in [0, 0.1) is 0 Å². The van der Waals surface area contributed by atoms with Crippen LogP contribution in [0.4, 0.5) is 0 Å². The van der Waals surface area contributed by atoms with Crippen LogP contribution in [0.2, 0.25) is 0 Å². The lowest BCUT2D eigenvalue weighted by Crippen LogP contribution is -2.48. The van der Waals surface area contributed by atoms with E-state index in [2.05, 4.69) is 5.32 Å². The van der Waals surface area contributed by atoms with Gasteiger partial charge >= 0.3 is 0 Å². The molecule has 5 heteroatoms. The number of hydrogen-bond acceptors (Lipinski definition) is 3. The molecule has 1 aromatic carbocycles. The average Bonchev–Trinajstić information content (AvgIpc) is 2.28. The molecule has 0 saturated heterocycles. The van der Waals surface area contributed by atoms with Gasteiger partial charge in [-0.1, -0.05) is 30.3 Å². The fraction of sp³-hybridized carbons (Fsp3) is 0.429. The third-order valence-corrected chi connectivity index (χ3v) is 2.65. The third kappa shape index (κ3) is 4.71. The summed E-state index contributed by atoms with van der Waals surface area (Å²) < 4.78 is 5.22. The summed E-state index contributed by atoms with van der Waals surface area (Å²) in [6.45, 7) is 3.49. The number of carbonyl (C=O) groups is 2. The van der Waals surface area contributed by atoms with Gasteiger partial charge in [-0.25, -0.2) is 0 Å². The summed E-state index contributed by atoms with van der Waals surface area (Å²) in [5.41, 5.74) is 5.21. The summed E-state index contributed by atoms with van der Waals surface area (Å²) in [7, 11) is 1.47. The van der Waals surface area contributed by atoms with Gasteiger partial charge < -0.3 is 15.8 Å². The predicted molar refractivity (Wildman–Crippen MR) is 72.2 cm³/mol. The first kappa shape index (κ1) is 15.2. The molecule has 5 nitrogen and oxygen atoms in total. The number of primary amides is 1. The number of rotatable bonds is 6. The van der Waals surface area contributed by atoms with Gasteiger partial charge in [0.2, 0.25) is 5.91 Å². The molecule has 0 aliphatic rings. The molecule has 0 heterocycles. The Labute approximate surface area is 113 Å². The van der Waals surface area contributed by atoms with Gasteiger partial charge in [0.15, 0.2) is 6.10 Å². The van der Waals surface area contributed by atoms with E-state index in [-0.39, 0.29) is 12.3 Å². The van der Waals surface area contributed by atoms with Crippen molar-refractivity contribution >= 4 is 11.8 Å². The largest absolute Gasteiger partial charge is 0.370 e. The second kappa shape index (κ2) is 6.33. The minimum absolute atomic E-state index is 0.0734. The van der Waals surface area contributed by atoms with Crippen molar-refractivity contribution in [3.05, 3.63) is 35.9 Å². The first-order valence-corrected chi connectivity index (χ1v) is 6.04. The SMILES string of the molecule is CO[C@@H](C(=O)NC(C)(C)CC(N)=O)c1ccccc1. The highest BCUT2D eigenvalue weighted by Gasteiger charge is 2.28. The molecule has 0 saturated carbocycles. The van der Waals surface area contributed by atoms with Gasteiger partial charge in [0, 0.05) is 19.1 Å². The third-order valence-electron chi connectivity index (χ3n) is 2.65. The molecule has 0 fully saturated rings. The fourth-order valence-electron chi connectivity index (χ4n) is 1.90. The van der Waals surface area contributed by atoms with E-state index >= 15 is 0 Å². The molecule has 2 amide bonds. The zero-order chi connectivity index (χ0) is 14.5. The number of methoxy groups -OCH3 is 1. The monoisotopic (exact) mass is 264 g/mol. The minimum Gasteiger partial charge on any atom is -0.370 e. The van der Waals surface area contributed by atoms with E-state index in [4.69, 9.17) is 10.5 Å². The van der Waals surface area contributed by atoms with Gasteiger partial charge in [-0.2, -0.15) is 0 Å². The number of amides is 2. The van der Waals surface area contributed by atoms with Gasteiger partial charge in [-0.15, -0.1) is 0 Å². The van der Waals surface area contributed by atoms with Crippen LogP contribution in [0.3, 0.4) is 0 Å².